The van der Waals surface area contributed by atoms with Gasteiger partial charge >= 0.3 is 0 Å². The number of carbonyl (C=O) groups excluding carboxylic acids is 1. The van der Waals surface area contributed by atoms with Gasteiger partial charge in [0, 0.05) is 17.4 Å². The predicted octanol–water partition coefficient (Wildman–Crippen LogP) is 5.96. The monoisotopic (exact) mass is 403 g/mol. The minimum atomic E-state index is 0.217. The molecule has 0 radical (unpaired) electrons. The number of nitrogens with one attached hydrogen (secondary N) is 1. The molecule has 0 atom stereocenters. The number of benzene rings is 3. The highest BCUT2D eigenvalue weighted by Crippen LogP contribution is 2.26. The van der Waals surface area contributed by atoms with Crippen LogP contribution in [0.4, 0.5) is 0 Å². The fraction of sp³-hybridized carbons (Fsp3) is 0.346. The first kappa shape index (κ1) is 20.0. The minimum absolute atomic E-state index is 0.217. The van der Waals surface area contributed by atoms with Crippen LogP contribution in [-0.4, -0.2) is 12.5 Å². The van der Waals surface area contributed by atoms with Gasteiger partial charge in [0.15, 0.2) is 0 Å². The van der Waals surface area contributed by atoms with Crippen molar-refractivity contribution in [3.8, 4) is 0 Å². The molecule has 0 saturated heterocycles. The van der Waals surface area contributed by atoms with E-state index in [4.69, 9.17) is 0 Å². The molecule has 0 aromatic heterocycles. The Bertz CT molecular complexity index is 977. The van der Waals surface area contributed by atoms with Gasteiger partial charge in [-0.2, -0.15) is 0 Å². The van der Waals surface area contributed by atoms with Crippen LogP contribution in [0.1, 0.15) is 48.8 Å². The maximum Gasteiger partial charge on any atom is 0.223 e. The van der Waals surface area contributed by atoms with Crippen molar-refractivity contribution >= 4 is 29.3 Å². The summed E-state index contributed by atoms with van der Waals surface area (Å²) < 4.78 is 0. The van der Waals surface area contributed by atoms with Crippen molar-refractivity contribution in [2.45, 2.75) is 49.8 Å². The van der Waals surface area contributed by atoms with Gasteiger partial charge in [-0.3, -0.25) is 4.79 Å². The first-order valence-corrected chi connectivity index (χ1v) is 11.2. The Labute approximate surface area is 179 Å². The third-order valence-electron chi connectivity index (χ3n) is 6.00. The van der Waals surface area contributed by atoms with Crippen LogP contribution in [0, 0.1) is 5.92 Å². The Kier molecular flexibility index (Phi) is 6.56. The quantitative estimate of drug-likeness (QED) is 0.489. The summed E-state index contributed by atoms with van der Waals surface area (Å²) in [6.07, 6.45) is 7.50. The second kappa shape index (κ2) is 9.49. The summed E-state index contributed by atoms with van der Waals surface area (Å²) in [5.74, 6) is 0.457. The Morgan fingerprint density at radius 2 is 1.72 bits per heavy atom. The zero-order chi connectivity index (χ0) is 20.1. The van der Waals surface area contributed by atoms with E-state index in [2.05, 4.69) is 72.5 Å². The van der Waals surface area contributed by atoms with Gasteiger partial charge in [0.05, 0.1) is 0 Å². The number of thiol groups is 1. The Morgan fingerprint density at radius 1 is 0.931 bits per heavy atom. The average Bonchev–Trinajstić information content (AvgIpc) is 2.75. The van der Waals surface area contributed by atoms with Gasteiger partial charge in [-0.25, -0.2) is 0 Å². The second-order valence-electron chi connectivity index (χ2n) is 8.20. The van der Waals surface area contributed by atoms with Gasteiger partial charge < -0.3 is 5.32 Å². The molecule has 1 aliphatic rings. The summed E-state index contributed by atoms with van der Waals surface area (Å²) in [4.78, 5) is 13.5. The Morgan fingerprint density at radius 3 is 2.52 bits per heavy atom. The van der Waals surface area contributed by atoms with Crippen LogP contribution in [0.5, 0.6) is 0 Å². The summed E-state index contributed by atoms with van der Waals surface area (Å²) in [6, 6.07) is 21.5. The largest absolute Gasteiger partial charge is 0.356 e. The number of hydrogen-bond acceptors (Lipinski definition) is 2. The molecule has 0 heterocycles. The molecule has 0 spiro atoms. The van der Waals surface area contributed by atoms with Gasteiger partial charge in [0.2, 0.25) is 5.91 Å². The fourth-order valence-electron chi connectivity index (χ4n) is 4.46. The normalized spacial score (nSPS) is 14.8. The molecule has 0 aliphatic heterocycles. The second-order valence-corrected chi connectivity index (χ2v) is 8.72. The van der Waals surface area contributed by atoms with Gasteiger partial charge in [-0.15, -0.1) is 12.6 Å². The van der Waals surface area contributed by atoms with E-state index in [1.165, 1.54) is 46.7 Å². The summed E-state index contributed by atoms with van der Waals surface area (Å²) in [6.45, 7) is 0.690. The van der Waals surface area contributed by atoms with E-state index in [-0.39, 0.29) is 11.8 Å². The van der Waals surface area contributed by atoms with Crippen LogP contribution in [0.25, 0.3) is 10.8 Å². The number of fused-ring (bicyclic) bond motifs is 1. The SMILES string of the molecule is O=C(NCCc1cc(Cc2ccccc2)cc2ccc(S)cc12)C1CCCCC1. The number of rotatable bonds is 6. The van der Waals surface area contributed by atoms with E-state index >= 15 is 0 Å². The molecule has 1 aliphatic carbocycles. The average molecular weight is 404 g/mol. The highest BCUT2D eigenvalue weighted by atomic mass is 32.1. The maximum absolute atomic E-state index is 12.5. The lowest BCUT2D eigenvalue weighted by atomic mass is 9.88. The van der Waals surface area contributed by atoms with E-state index in [1.807, 2.05) is 6.07 Å². The lowest BCUT2D eigenvalue weighted by molar-refractivity contribution is -0.125. The topological polar surface area (TPSA) is 29.1 Å². The summed E-state index contributed by atoms with van der Waals surface area (Å²) >= 11 is 4.54. The molecule has 1 N–H and O–H groups in total. The van der Waals surface area contributed by atoms with Gasteiger partial charge in [0.25, 0.3) is 0 Å². The van der Waals surface area contributed by atoms with Crippen LogP contribution in [-0.2, 0) is 17.6 Å². The highest BCUT2D eigenvalue weighted by Gasteiger charge is 2.20. The van der Waals surface area contributed by atoms with E-state index in [9.17, 15) is 4.79 Å². The van der Waals surface area contributed by atoms with E-state index < -0.39 is 0 Å². The lowest BCUT2D eigenvalue weighted by Gasteiger charge is -2.21. The molecule has 0 unspecified atom stereocenters. The number of hydrogen-bond donors (Lipinski definition) is 2. The van der Waals surface area contributed by atoms with Crippen molar-refractivity contribution in [1.29, 1.82) is 0 Å². The van der Waals surface area contributed by atoms with Crippen molar-refractivity contribution in [2.24, 2.45) is 5.92 Å². The third kappa shape index (κ3) is 5.22. The maximum atomic E-state index is 12.5. The van der Waals surface area contributed by atoms with Gasteiger partial charge in [-0.1, -0.05) is 67.8 Å². The van der Waals surface area contributed by atoms with Crippen molar-refractivity contribution in [3.63, 3.8) is 0 Å². The van der Waals surface area contributed by atoms with Gasteiger partial charge in [-0.05, 0) is 65.3 Å². The first-order valence-electron chi connectivity index (χ1n) is 10.8. The summed E-state index contributed by atoms with van der Waals surface area (Å²) in [5, 5.41) is 5.67. The zero-order valence-electron chi connectivity index (χ0n) is 16.9. The highest BCUT2D eigenvalue weighted by molar-refractivity contribution is 7.80. The molecule has 29 heavy (non-hydrogen) atoms. The van der Waals surface area contributed by atoms with E-state index in [0.717, 1.165) is 30.6 Å². The Balaban J connectivity index is 1.51. The summed E-state index contributed by atoms with van der Waals surface area (Å²) in [5.41, 5.74) is 3.91. The smallest absolute Gasteiger partial charge is 0.223 e. The molecule has 4 rings (SSSR count). The van der Waals surface area contributed by atoms with Gasteiger partial charge in [0.1, 0.15) is 0 Å². The molecule has 3 heteroatoms. The number of carbonyl (C=O) groups is 1. The predicted molar refractivity (Wildman–Crippen MR) is 124 cm³/mol. The number of amides is 1. The third-order valence-corrected chi connectivity index (χ3v) is 6.28. The van der Waals surface area contributed by atoms with Crippen molar-refractivity contribution in [1.82, 2.24) is 5.32 Å². The molecule has 150 valence electrons. The van der Waals surface area contributed by atoms with Crippen molar-refractivity contribution in [2.75, 3.05) is 6.54 Å². The molecule has 0 bridgehead atoms. The lowest BCUT2D eigenvalue weighted by Crippen LogP contribution is -2.33. The summed E-state index contributed by atoms with van der Waals surface area (Å²) in [7, 11) is 0. The van der Waals surface area contributed by atoms with Crippen LogP contribution in [0.2, 0.25) is 0 Å². The molecule has 2 nitrogen and oxygen atoms in total. The standard InChI is InChI=1S/C26H29NOS/c28-26(21-9-5-2-6-10-21)27-14-13-23-17-20(15-19-7-3-1-4-8-19)16-22-11-12-24(29)18-25(22)23/h1,3-4,7-8,11-12,16-18,21,29H,2,5-6,9-10,13-15H2,(H,27,28). The Hall–Kier alpha value is -2.26. The minimum Gasteiger partial charge on any atom is -0.356 e. The van der Waals surface area contributed by atoms with Crippen LogP contribution >= 0.6 is 12.6 Å². The van der Waals surface area contributed by atoms with Crippen molar-refractivity contribution < 1.29 is 4.79 Å². The first-order chi connectivity index (χ1) is 14.2. The fourth-order valence-corrected chi connectivity index (χ4v) is 4.66. The molecular formula is C26H29NOS. The van der Waals surface area contributed by atoms with Crippen molar-refractivity contribution in [3.05, 3.63) is 77.4 Å². The van der Waals surface area contributed by atoms with E-state index in [0.29, 0.717) is 6.54 Å². The molecule has 3 aromatic carbocycles. The molecule has 1 amide bonds. The van der Waals surface area contributed by atoms with Crippen LogP contribution in [0.15, 0.2) is 65.6 Å². The zero-order valence-corrected chi connectivity index (χ0v) is 17.8. The van der Waals surface area contributed by atoms with Crippen LogP contribution < -0.4 is 5.32 Å². The molecular weight excluding hydrogens is 374 g/mol. The molecule has 1 saturated carbocycles. The molecule has 1 fully saturated rings. The van der Waals surface area contributed by atoms with Crippen LogP contribution in [0.3, 0.4) is 0 Å². The molecule has 3 aromatic rings. The van der Waals surface area contributed by atoms with E-state index in [1.54, 1.807) is 0 Å².